The van der Waals surface area contributed by atoms with Gasteiger partial charge in [-0.05, 0) is 108 Å². The third-order valence-corrected chi connectivity index (χ3v) is 21.6. The normalized spacial score (nSPS) is 48.5. The monoisotopic (exact) mass is 1270 g/mol. The number of methoxy groups -OCH3 is 1. The van der Waals surface area contributed by atoms with Crippen molar-refractivity contribution in [3.8, 4) is 0 Å². The van der Waals surface area contributed by atoms with Gasteiger partial charge < -0.3 is 87.9 Å². The molecule has 492 valence electrons. The molecule has 5 heterocycles. The Hall–Kier alpha value is -2.48. The molecule has 28 nitrogen and oxygen atoms in total. The summed E-state index contributed by atoms with van der Waals surface area (Å²) in [6.45, 7) is 19.1. The first kappa shape index (κ1) is 67.9. The minimum atomic E-state index is -5.33. The molecule has 4 aliphatic carbocycles. The Morgan fingerprint density at radius 3 is 1.98 bits per heavy atom. The van der Waals surface area contributed by atoms with E-state index >= 15 is 0 Å². The van der Waals surface area contributed by atoms with E-state index in [0.717, 1.165) is 31.1 Å². The Kier molecular flexibility index (Phi) is 19.4. The van der Waals surface area contributed by atoms with Gasteiger partial charge in [0.15, 0.2) is 25.2 Å². The Balaban J connectivity index is 0.911. The topological polar surface area (TPSA) is 404 Å². The quantitative estimate of drug-likeness (QED) is 0.0491. The van der Waals surface area contributed by atoms with E-state index in [4.69, 9.17) is 60.8 Å². The summed E-state index contributed by atoms with van der Waals surface area (Å²) in [7, 11) is -9.24. The predicted molar refractivity (Wildman–Crippen MR) is 291 cm³/mol. The number of cyclic esters (lactones) is 1. The van der Waals surface area contributed by atoms with Crippen LogP contribution in [0.15, 0.2) is 23.8 Å². The lowest BCUT2D eigenvalue weighted by Gasteiger charge is -2.63. The van der Waals surface area contributed by atoms with Crippen molar-refractivity contribution in [1.29, 1.82) is 0 Å². The Bertz CT molecular complexity index is 2770. The van der Waals surface area contributed by atoms with Crippen LogP contribution in [-0.4, -0.2) is 228 Å². The maximum atomic E-state index is 14.8. The van der Waals surface area contributed by atoms with Crippen LogP contribution in [0.25, 0.3) is 0 Å². The molecule has 27 unspecified atom stereocenters. The predicted octanol–water partition coefficient (Wildman–Crippen LogP) is 0.837. The number of carbonyl (C=O) groups excluding carboxylic acids is 2. The van der Waals surface area contributed by atoms with Crippen LogP contribution in [0.2, 0.25) is 0 Å². The van der Waals surface area contributed by atoms with E-state index in [1.54, 1.807) is 0 Å². The average molecular weight is 1270 g/mol. The van der Waals surface area contributed by atoms with Gasteiger partial charge in [-0.15, -0.1) is 6.58 Å². The number of hydrogen-bond acceptors (Lipinski definition) is 26. The molecule has 9 rings (SSSR count). The number of hydrogen-bond donors (Lipinski definition) is 9. The Morgan fingerprint density at radius 1 is 0.733 bits per heavy atom. The number of ether oxygens (including phenoxy) is 11. The third-order valence-electron chi connectivity index (χ3n) is 20.7. The highest BCUT2D eigenvalue weighted by Gasteiger charge is 2.82. The fourth-order valence-electron chi connectivity index (χ4n) is 17.3. The second kappa shape index (κ2) is 24.5. The van der Waals surface area contributed by atoms with Gasteiger partial charge in [-0.25, -0.2) is 8.37 Å². The van der Waals surface area contributed by atoms with Crippen molar-refractivity contribution < 1.29 is 132 Å². The maximum Gasteiger partial charge on any atom is 0.397 e. The number of aliphatic hydroxyl groups excluding tert-OH is 7. The van der Waals surface area contributed by atoms with Gasteiger partial charge in [0.25, 0.3) is 0 Å². The molecule has 3 saturated carbocycles. The standard InChI is InChI=1S/C56H88O28S2/c1-25(2)13-12-18-54(9)49-55(10,82-27(4)57)24-53(8)29-14-15-33-51(5,6)34(17-19-52(33,7)28(29)16-20-56(49,53)50(65)83-54)78-48-44(42(31(59)22-74-48)84-86(69,70)71)81-46-37(62)36(61)40(26(3)76-46)79-45-38(63)41(30(58)21-73-45)80-47-39(64)43(72-11)35(60)32(77-47)23-75-85(66,67)68/h14,26,28,30-49,58-64H,1,12-13,15-24H2,2-11H3,(H,66,67,68)(H,69,70,71). The molecular formula is C56H88O28S2. The third kappa shape index (κ3) is 12.3. The van der Waals surface area contributed by atoms with Crippen molar-refractivity contribution in [2.75, 3.05) is 26.9 Å². The lowest BCUT2D eigenvalue weighted by atomic mass is 9.40. The van der Waals surface area contributed by atoms with Crippen molar-refractivity contribution in [1.82, 2.24) is 0 Å². The Morgan fingerprint density at radius 2 is 1.35 bits per heavy atom. The lowest BCUT2D eigenvalue weighted by Crippen LogP contribution is -2.66. The van der Waals surface area contributed by atoms with E-state index in [1.807, 2.05) is 20.8 Å². The summed E-state index contributed by atoms with van der Waals surface area (Å²) in [5, 5.41) is 78.6. The summed E-state index contributed by atoms with van der Waals surface area (Å²) in [6.07, 6.45) is -24.6. The van der Waals surface area contributed by atoms with Gasteiger partial charge in [0.1, 0.15) is 90.6 Å². The summed E-state index contributed by atoms with van der Waals surface area (Å²) in [6, 6.07) is 0. The first-order valence-corrected chi connectivity index (χ1v) is 32.1. The van der Waals surface area contributed by atoms with Gasteiger partial charge in [-0.1, -0.05) is 44.9 Å². The molecule has 9 N–H and O–H groups in total. The highest BCUT2D eigenvalue weighted by atomic mass is 32.3. The molecule has 8 fully saturated rings. The molecule has 0 aromatic rings. The zero-order valence-electron chi connectivity index (χ0n) is 50.1. The van der Waals surface area contributed by atoms with E-state index in [9.17, 15) is 66.7 Å². The first-order chi connectivity index (χ1) is 39.9. The van der Waals surface area contributed by atoms with Crippen molar-refractivity contribution in [2.45, 2.75) is 248 Å². The largest absolute Gasteiger partial charge is 0.459 e. The number of allylic oxidation sites excluding steroid dienone is 3. The van der Waals surface area contributed by atoms with E-state index < -0.39 is 197 Å². The van der Waals surface area contributed by atoms with Gasteiger partial charge in [0.05, 0.1) is 43.4 Å². The number of rotatable bonds is 19. The number of esters is 2. The summed E-state index contributed by atoms with van der Waals surface area (Å²) >= 11 is 0. The summed E-state index contributed by atoms with van der Waals surface area (Å²) < 4.78 is 142. The molecule has 9 aliphatic rings. The second-order valence-corrected chi connectivity index (χ2v) is 28.9. The van der Waals surface area contributed by atoms with Crippen LogP contribution >= 0.6 is 0 Å². The van der Waals surface area contributed by atoms with Gasteiger partial charge in [0.2, 0.25) is 0 Å². The van der Waals surface area contributed by atoms with Crippen LogP contribution in [0.1, 0.15) is 120 Å². The number of carbonyl (C=O) groups is 2. The highest BCUT2D eigenvalue weighted by molar-refractivity contribution is 7.81. The molecule has 27 atom stereocenters. The number of fused-ring (bicyclic) bond motifs is 4. The zero-order valence-corrected chi connectivity index (χ0v) is 51.7. The van der Waals surface area contributed by atoms with Gasteiger partial charge >= 0.3 is 32.7 Å². The minimum absolute atomic E-state index is 0.00497. The van der Waals surface area contributed by atoms with E-state index in [2.05, 4.69) is 44.5 Å². The molecule has 5 aliphatic heterocycles. The molecule has 0 bridgehead atoms. The smallest absolute Gasteiger partial charge is 0.397 e. The molecule has 5 saturated heterocycles. The van der Waals surface area contributed by atoms with Crippen LogP contribution < -0.4 is 0 Å². The van der Waals surface area contributed by atoms with Crippen LogP contribution in [-0.2, 0) is 90.9 Å². The van der Waals surface area contributed by atoms with Crippen molar-refractivity contribution in [3.63, 3.8) is 0 Å². The molecule has 30 heteroatoms. The molecule has 0 aromatic carbocycles. The molecule has 0 amide bonds. The van der Waals surface area contributed by atoms with Gasteiger partial charge in [-0.3, -0.25) is 18.7 Å². The minimum Gasteiger partial charge on any atom is -0.459 e. The molecular weight excluding hydrogens is 1180 g/mol. The Labute approximate surface area is 500 Å². The van der Waals surface area contributed by atoms with Crippen LogP contribution in [0.4, 0.5) is 0 Å². The number of aliphatic hydroxyl groups is 7. The first-order valence-electron chi connectivity index (χ1n) is 29.4. The fourth-order valence-corrected chi connectivity index (χ4v) is 18.1. The second-order valence-electron chi connectivity index (χ2n) is 26.8. The van der Waals surface area contributed by atoms with Gasteiger partial charge in [0, 0.05) is 19.4 Å². The summed E-state index contributed by atoms with van der Waals surface area (Å²) in [4.78, 5) is 27.8. The molecule has 86 heavy (non-hydrogen) atoms. The van der Waals surface area contributed by atoms with Crippen molar-refractivity contribution in [3.05, 3.63) is 23.8 Å². The van der Waals surface area contributed by atoms with Crippen LogP contribution in [0.5, 0.6) is 0 Å². The SMILES string of the molecule is C=C(C)CCCC1(C)OC(=O)C23CCC4C(=CCC5C(C)(C)C(OC6OCC(O)C(OS(=O)(=O)O)C6OC6OC(C)C(OC7OCC(O)C(OC8OC(COS(=O)(=O)O)C(O)C(OC)C8O)C7O)C(O)C6O)CCC45C)C2(C)CC(C)(OC(C)=O)C13. The maximum absolute atomic E-state index is 14.8. The lowest BCUT2D eigenvalue weighted by molar-refractivity contribution is -0.381. The molecule has 0 aromatic heterocycles. The van der Waals surface area contributed by atoms with Crippen molar-refractivity contribution in [2.24, 2.45) is 39.4 Å². The summed E-state index contributed by atoms with van der Waals surface area (Å²) in [5.74, 6) is -1.19. The average Bonchev–Trinajstić information content (AvgIpc) is 1.48. The van der Waals surface area contributed by atoms with Crippen molar-refractivity contribution >= 4 is 32.7 Å². The van der Waals surface area contributed by atoms with Crippen LogP contribution in [0, 0.1) is 39.4 Å². The molecule has 0 radical (unpaired) electrons. The highest BCUT2D eigenvalue weighted by Crippen LogP contribution is 2.79. The van der Waals surface area contributed by atoms with E-state index in [-0.39, 0.29) is 23.2 Å². The van der Waals surface area contributed by atoms with E-state index in [0.29, 0.717) is 44.9 Å². The zero-order chi connectivity index (χ0) is 63.4. The summed E-state index contributed by atoms with van der Waals surface area (Å²) in [5.41, 5.74) is -2.52. The fraction of sp³-hybridized carbons (Fsp3) is 0.893. The molecule has 1 spiro atoms. The van der Waals surface area contributed by atoms with Gasteiger partial charge in [-0.2, -0.15) is 16.8 Å². The van der Waals surface area contributed by atoms with Crippen LogP contribution in [0.3, 0.4) is 0 Å². The van der Waals surface area contributed by atoms with E-state index in [1.165, 1.54) is 13.8 Å².